The Balaban J connectivity index is 1.88. The minimum Gasteiger partial charge on any atom is -0.368 e. The zero-order valence-electron chi connectivity index (χ0n) is 6.96. The van der Waals surface area contributed by atoms with Crippen LogP contribution in [0.5, 0.6) is 0 Å². The van der Waals surface area contributed by atoms with Crippen LogP contribution in [0.2, 0.25) is 0 Å². The highest BCUT2D eigenvalue weighted by molar-refractivity contribution is 5.34. The molecule has 1 aromatic rings. The molecule has 0 amide bonds. The van der Waals surface area contributed by atoms with Crippen LogP contribution in [-0.4, -0.2) is 17.1 Å². The lowest BCUT2D eigenvalue weighted by molar-refractivity contribution is 0.711. The third-order valence-corrected chi connectivity index (χ3v) is 2.18. The summed E-state index contributed by atoms with van der Waals surface area (Å²) in [5.74, 6) is 0.911. The molecule has 0 radical (unpaired) electrons. The van der Waals surface area contributed by atoms with Crippen molar-refractivity contribution in [2.24, 2.45) is 5.73 Å². The Morgan fingerprint density at radius 1 is 1.50 bits per heavy atom. The van der Waals surface area contributed by atoms with E-state index >= 15 is 0 Å². The molecule has 0 aromatic carbocycles. The second-order valence-electron chi connectivity index (χ2n) is 3.43. The van der Waals surface area contributed by atoms with Crippen molar-refractivity contribution in [1.29, 1.82) is 0 Å². The number of anilines is 1. The highest BCUT2D eigenvalue weighted by atomic mass is 15.0. The van der Waals surface area contributed by atoms with E-state index in [4.69, 9.17) is 5.73 Å². The lowest BCUT2D eigenvalue weighted by Crippen LogP contribution is -2.31. The Labute approximate surface area is 72.0 Å². The second-order valence-corrected chi connectivity index (χ2v) is 3.43. The van der Waals surface area contributed by atoms with Gasteiger partial charge in [-0.25, -0.2) is 4.98 Å². The molecule has 1 aliphatic rings. The van der Waals surface area contributed by atoms with Gasteiger partial charge in [-0.15, -0.1) is 0 Å². The van der Waals surface area contributed by atoms with Crippen molar-refractivity contribution in [2.75, 3.05) is 11.9 Å². The van der Waals surface area contributed by atoms with Crippen molar-refractivity contribution in [3.63, 3.8) is 0 Å². The van der Waals surface area contributed by atoms with Gasteiger partial charge in [-0.05, 0) is 25.0 Å². The number of pyridine rings is 1. The minimum atomic E-state index is 0.0531. The normalized spacial score (nSPS) is 18.8. The highest BCUT2D eigenvalue weighted by Gasteiger charge is 2.37. The van der Waals surface area contributed by atoms with Gasteiger partial charge in [-0.1, -0.05) is 6.07 Å². The molecule has 1 saturated carbocycles. The summed E-state index contributed by atoms with van der Waals surface area (Å²) in [6, 6.07) is 5.82. The smallest absolute Gasteiger partial charge is 0.125 e. The van der Waals surface area contributed by atoms with Crippen LogP contribution >= 0.6 is 0 Å². The van der Waals surface area contributed by atoms with Gasteiger partial charge in [0.2, 0.25) is 0 Å². The van der Waals surface area contributed by atoms with Gasteiger partial charge in [-0.2, -0.15) is 0 Å². The van der Waals surface area contributed by atoms with Gasteiger partial charge in [-0.3, -0.25) is 0 Å². The molecule has 3 heteroatoms. The minimum absolute atomic E-state index is 0.0531. The van der Waals surface area contributed by atoms with E-state index in [-0.39, 0.29) is 5.54 Å². The van der Waals surface area contributed by atoms with E-state index in [1.165, 1.54) is 0 Å². The number of nitrogens with one attached hydrogen (secondary N) is 1. The number of nitrogens with zero attached hydrogens (tertiary/aromatic N) is 1. The standard InChI is InChI=1S/C9H13N3/c10-9(4-5-9)7-12-8-3-1-2-6-11-8/h1-3,6H,4-5,7,10H2,(H,11,12). The van der Waals surface area contributed by atoms with Crippen LogP contribution in [0.1, 0.15) is 12.8 Å². The first-order valence-corrected chi connectivity index (χ1v) is 4.22. The zero-order valence-corrected chi connectivity index (χ0v) is 6.96. The van der Waals surface area contributed by atoms with Crippen LogP contribution in [0.4, 0.5) is 5.82 Å². The number of rotatable bonds is 3. The SMILES string of the molecule is NC1(CNc2ccccn2)CC1. The summed E-state index contributed by atoms with van der Waals surface area (Å²) >= 11 is 0. The van der Waals surface area contributed by atoms with Gasteiger partial charge in [0.1, 0.15) is 5.82 Å². The van der Waals surface area contributed by atoms with Gasteiger partial charge in [0.05, 0.1) is 0 Å². The molecule has 0 saturated heterocycles. The van der Waals surface area contributed by atoms with Crippen molar-refractivity contribution in [1.82, 2.24) is 4.98 Å². The molecule has 2 rings (SSSR count). The number of nitrogens with two attached hydrogens (primary N) is 1. The molecule has 64 valence electrons. The van der Waals surface area contributed by atoms with Gasteiger partial charge in [0.15, 0.2) is 0 Å². The summed E-state index contributed by atoms with van der Waals surface area (Å²) in [7, 11) is 0. The maximum Gasteiger partial charge on any atom is 0.125 e. The number of hydrogen-bond donors (Lipinski definition) is 2. The number of aromatic nitrogens is 1. The monoisotopic (exact) mass is 163 g/mol. The van der Waals surface area contributed by atoms with E-state index in [1.807, 2.05) is 18.2 Å². The van der Waals surface area contributed by atoms with Gasteiger partial charge >= 0.3 is 0 Å². The third kappa shape index (κ3) is 1.74. The largest absolute Gasteiger partial charge is 0.368 e. The fraction of sp³-hybridized carbons (Fsp3) is 0.444. The van der Waals surface area contributed by atoms with Crippen molar-refractivity contribution < 1.29 is 0 Å². The van der Waals surface area contributed by atoms with Crippen molar-refractivity contribution in [2.45, 2.75) is 18.4 Å². The summed E-state index contributed by atoms with van der Waals surface area (Å²) in [5, 5.41) is 3.21. The Kier molecular flexibility index (Phi) is 1.73. The Bertz CT molecular complexity index is 254. The molecule has 1 aromatic heterocycles. The zero-order chi connectivity index (χ0) is 8.44. The lowest BCUT2D eigenvalue weighted by Gasteiger charge is -2.09. The van der Waals surface area contributed by atoms with E-state index in [0.717, 1.165) is 25.2 Å². The van der Waals surface area contributed by atoms with Crippen LogP contribution in [0.15, 0.2) is 24.4 Å². The first-order chi connectivity index (χ1) is 5.79. The van der Waals surface area contributed by atoms with E-state index in [0.29, 0.717) is 0 Å². The molecule has 3 N–H and O–H groups in total. The van der Waals surface area contributed by atoms with E-state index in [9.17, 15) is 0 Å². The predicted molar refractivity (Wildman–Crippen MR) is 48.9 cm³/mol. The molecule has 12 heavy (non-hydrogen) atoms. The molecule has 0 aliphatic heterocycles. The molecule has 0 spiro atoms. The maximum absolute atomic E-state index is 5.90. The Hall–Kier alpha value is -1.09. The fourth-order valence-corrected chi connectivity index (χ4v) is 1.07. The van der Waals surface area contributed by atoms with Crippen LogP contribution in [-0.2, 0) is 0 Å². The average Bonchev–Trinajstić information content (AvgIpc) is 2.84. The Morgan fingerprint density at radius 3 is 2.92 bits per heavy atom. The van der Waals surface area contributed by atoms with Gasteiger partial charge < -0.3 is 11.1 Å². The van der Waals surface area contributed by atoms with Crippen LogP contribution in [0, 0.1) is 0 Å². The third-order valence-electron chi connectivity index (χ3n) is 2.18. The highest BCUT2D eigenvalue weighted by Crippen LogP contribution is 2.31. The fourth-order valence-electron chi connectivity index (χ4n) is 1.07. The van der Waals surface area contributed by atoms with Crippen molar-refractivity contribution in [3.05, 3.63) is 24.4 Å². The average molecular weight is 163 g/mol. The van der Waals surface area contributed by atoms with E-state index in [1.54, 1.807) is 6.20 Å². The van der Waals surface area contributed by atoms with Crippen LogP contribution < -0.4 is 11.1 Å². The summed E-state index contributed by atoms with van der Waals surface area (Å²) in [6.45, 7) is 0.837. The van der Waals surface area contributed by atoms with Crippen molar-refractivity contribution >= 4 is 5.82 Å². The van der Waals surface area contributed by atoms with Crippen LogP contribution in [0.3, 0.4) is 0 Å². The molecule has 0 atom stereocenters. The summed E-state index contributed by atoms with van der Waals surface area (Å²) < 4.78 is 0. The molecule has 0 unspecified atom stereocenters. The van der Waals surface area contributed by atoms with E-state index < -0.39 is 0 Å². The summed E-state index contributed by atoms with van der Waals surface area (Å²) in [4.78, 5) is 4.14. The van der Waals surface area contributed by atoms with E-state index in [2.05, 4.69) is 10.3 Å². The molecular formula is C9H13N3. The van der Waals surface area contributed by atoms with Gasteiger partial charge in [0, 0.05) is 18.3 Å². The summed E-state index contributed by atoms with van der Waals surface area (Å²) in [5.41, 5.74) is 5.96. The molecule has 1 heterocycles. The summed E-state index contributed by atoms with van der Waals surface area (Å²) in [6.07, 6.45) is 4.04. The molecule has 0 bridgehead atoms. The Morgan fingerprint density at radius 2 is 2.33 bits per heavy atom. The topological polar surface area (TPSA) is 50.9 Å². The molecular weight excluding hydrogens is 150 g/mol. The lowest BCUT2D eigenvalue weighted by atomic mass is 10.3. The first-order valence-electron chi connectivity index (χ1n) is 4.22. The maximum atomic E-state index is 5.90. The quantitative estimate of drug-likeness (QED) is 0.698. The molecule has 3 nitrogen and oxygen atoms in total. The van der Waals surface area contributed by atoms with Crippen LogP contribution in [0.25, 0.3) is 0 Å². The predicted octanol–water partition coefficient (Wildman–Crippen LogP) is 0.985. The molecule has 1 fully saturated rings. The molecule has 1 aliphatic carbocycles. The van der Waals surface area contributed by atoms with Gasteiger partial charge in [0.25, 0.3) is 0 Å². The first kappa shape index (κ1) is 7.55. The van der Waals surface area contributed by atoms with Crippen molar-refractivity contribution in [3.8, 4) is 0 Å². The number of hydrogen-bond acceptors (Lipinski definition) is 3. The second kappa shape index (κ2) is 2.75.